The molecule has 2 aromatic rings. The van der Waals surface area contributed by atoms with E-state index in [2.05, 4.69) is 15.0 Å². The molecule has 0 aliphatic carbocycles. The molecule has 0 spiro atoms. The molecule has 0 aromatic carbocycles. The molecule has 2 aromatic heterocycles. The minimum atomic E-state index is -3.61. The van der Waals surface area contributed by atoms with Crippen molar-refractivity contribution in [3.63, 3.8) is 0 Å². The van der Waals surface area contributed by atoms with E-state index in [1.54, 1.807) is 37.0 Å². The van der Waals surface area contributed by atoms with E-state index >= 15 is 0 Å². The number of piperidine rings is 1. The molecule has 8 nitrogen and oxygen atoms in total. The first kappa shape index (κ1) is 15.9. The van der Waals surface area contributed by atoms with Gasteiger partial charge in [0.05, 0.1) is 6.54 Å². The van der Waals surface area contributed by atoms with Crippen molar-refractivity contribution in [2.45, 2.75) is 30.9 Å². The number of imidazole rings is 1. The van der Waals surface area contributed by atoms with Gasteiger partial charge < -0.3 is 9.30 Å². The third-order valence-corrected chi connectivity index (χ3v) is 5.58. The fourth-order valence-corrected chi connectivity index (χ4v) is 4.03. The van der Waals surface area contributed by atoms with E-state index in [9.17, 15) is 8.42 Å². The van der Waals surface area contributed by atoms with Gasteiger partial charge in [0.2, 0.25) is 0 Å². The SMILES string of the molecule is Cc1nc(S(=O)(=O)N2CCC[C@H](Oc3ncccn3)C2)cn1C. The van der Waals surface area contributed by atoms with Crippen molar-refractivity contribution in [3.8, 4) is 6.01 Å². The molecule has 0 N–H and O–H groups in total. The highest BCUT2D eigenvalue weighted by Crippen LogP contribution is 2.22. The standard InChI is InChI=1S/C14H19N5O3S/c1-11-17-13(10-18(11)2)23(20,21)19-8-3-5-12(9-19)22-14-15-6-4-7-16-14/h4,6-7,10,12H,3,5,8-9H2,1-2H3/t12-/m0/s1. The van der Waals surface area contributed by atoms with Crippen molar-refractivity contribution in [1.29, 1.82) is 0 Å². The van der Waals surface area contributed by atoms with E-state index in [-0.39, 0.29) is 23.7 Å². The predicted octanol–water partition coefficient (Wildman–Crippen LogP) is 0.751. The summed E-state index contributed by atoms with van der Waals surface area (Å²) < 4.78 is 34.2. The Balaban J connectivity index is 1.75. The molecule has 124 valence electrons. The summed E-state index contributed by atoms with van der Waals surface area (Å²) in [6, 6.07) is 1.97. The summed E-state index contributed by atoms with van der Waals surface area (Å²) in [5, 5.41) is 0.0779. The highest BCUT2D eigenvalue weighted by Gasteiger charge is 2.33. The number of rotatable bonds is 4. The summed E-state index contributed by atoms with van der Waals surface area (Å²) in [6.45, 7) is 2.51. The summed E-state index contributed by atoms with van der Waals surface area (Å²) in [7, 11) is -1.83. The van der Waals surface area contributed by atoms with Crippen LogP contribution in [0.2, 0.25) is 0 Å². The van der Waals surface area contributed by atoms with Crippen LogP contribution in [0.3, 0.4) is 0 Å². The molecule has 1 atom stereocenters. The Kier molecular flexibility index (Phi) is 4.31. The molecule has 1 aliphatic heterocycles. The Morgan fingerprint density at radius 2 is 2.04 bits per heavy atom. The van der Waals surface area contributed by atoms with Gasteiger partial charge in [-0.15, -0.1) is 0 Å². The lowest BCUT2D eigenvalue weighted by molar-refractivity contribution is 0.119. The van der Waals surface area contributed by atoms with Gasteiger partial charge in [0.15, 0.2) is 5.03 Å². The van der Waals surface area contributed by atoms with Gasteiger partial charge in [0, 0.05) is 32.2 Å². The number of aryl methyl sites for hydroxylation is 2. The van der Waals surface area contributed by atoms with E-state index in [1.807, 2.05) is 0 Å². The zero-order chi connectivity index (χ0) is 16.4. The van der Waals surface area contributed by atoms with Crippen molar-refractivity contribution < 1.29 is 13.2 Å². The smallest absolute Gasteiger partial charge is 0.316 e. The van der Waals surface area contributed by atoms with Gasteiger partial charge in [-0.2, -0.15) is 4.31 Å². The van der Waals surface area contributed by atoms with E-state index in [0.717, 1.165) is 12.8 Å². The number of nitrogens with zero attached hydrogens (tertiary/aromatic N) is 5. The molecule has 0 saturated carbocycles. The first-order valence-corrected chi connectivity index (χ1v) is 8.84. The molecule has 0 radical (unpaired) electrons. The second-order valence-corrected chi connectivity index (χ2v) is 7.40. The van der Waals surface area contributed by atoms with E-state index in [4.69, 9.17) is 4.74 Å². The van der Waals surface area contributed by atoms with Crippen LogP contribution in [-0.4, -0.2) is 51.4 Å². The highest BCUT2D eigenvalue weighted by atomic mass is 32.2. The maximum atomic E-state index is 12.7. The minimum Gasteiger partial charge on any atom is -0.459 e. The molecule has 9 heteroatoms. The lowest BCUT2D eigenvalue weighted by Crippen LogP contribution is -2.44. The molecule has 23 heavy (non-hydrogen) atoms. The summed E-state index contributed by atoms with van der Waals surface area (Å²) in [5.74, 6) is 0.658. The van der Waals surface area contributed by atoms with Crippen LogP contribution in [0.25, 0.3) is 0 Å². The van der Waals surface area contributed by atoms with Crippen LogP contribution < -0.4 is 4.74 Å². The minimum absolute atomic E-state index is 0.0779. The van der Waals surface area contributed by atoms with Crippen molar-refractivity contribution in [2.24, 2.45) is 7.05 Å². The second kappa shape index (κ2) is 6.25. The molecule has 3 heterocycles. The highest BCUT2D eigenvalue weighted by molar-refractivity contribution is 7.89. The Bertz CT molecular complexity index is 755. The molecule has 1 aliphatic rings. The summed E-state index contributed by atoms with van der Waals surface area (Å²) in [6.07, 6.45) is 5.96. The predicted molar refractivity (Wildman–Crippen MR) is 82.4 cm³/mol. The molecule has 0 bridgehead atoms. The number of sulfonamides is 1. The van der Waals surface area contributed by atoms with Crippen molar-refractivity contribution in [2.75, 3.05) is 13.1 Å². The molecule has 1 saturated heterocycles. The fourth-order valence-electron chi connectivity index (χ4n) is 2.50. The summed E-state index contributed by atoms with van der Waals surface area (Å²) in [5.41, 5.74) is 0. The van der Waals surface area contributed by atoms with Gasteiger partial charge in [-0.05, 0) is 25.8 Å². The second-order valence-electron chi connectivity index (χ2n) is 5.51. The first-order chi connectivity index (χ1) is 11.0. The average Bonchev–Trinajstić information content (AvgIpc) is 2.89. The monoisotopic (exact) mass is 337 g/mol. The fraction of sp³-hybridized carbons (Fsp3) is 0.500. The number of hydrogen-bond donors (Lipinski definition) is 0. The molecule has 0 amide bonds. The van der Waals surface area contributed by atoms with E-state index in [1.165, 1.54) is 10.5 Å². The van der Waals surface area contributed by atoms with Crippen LogP contribution in [-0.2, 0) is 17.1 Å². The zero-order valence-corrected chi connectivity index (χ0v) is 13.9. The van der Waals surface area contributed by atoms with E-state index < -0.39 is 10.0 Å². The molecular weight excluding hydrogens is 318 g/mol. The number of hydrogen-bond acceptors (Lipinski definition) is 6. The van der Waals surface area contributed by atoms with E-state index in [0.29, 0.717) is 12.4 Å². The topological polar surface area (TPSA) is 90.2 Å². The van der Waals surface area contributed by atoms with Crippen LogP contribution >= 0.6 is 0 Å². The van der Waals surface area contributed by atoms with Crippen LogP contribution in [0, 0.1) is 6.92 Å². The third kappa shape index (κ3) is 3.35. The van der Waals surface area contributed by atoms with Crippen LogP contribution in [0.5, 0.6) is 6.01 Å². The lowest BCUT2D eigenvalue weighted by atomic mass is 10.1. The largest absolute Gasteiger partial charge is 0.459 e. The van der Waals surface area contributed by atoms with Gasteiger partial charge in [-0.1, -0.05) is 0 Å². The molecular formula is C14H19N5O3S. The Hall–Kier alpha value is -2.00. The van der Waals surface area contributed by atoms with Gasteiger partial charge in [-0.3, -0.25) is 0 Å². The zero-order valence-electron chi connectivity index (χ0n) is 13.1. The quantitative estimate of drug-likeness (QED) is 0.818. The maximum absolute atomic E-state index is 12.7. The van der Waals surface area contributed by atoms with Crippen molar-refractivity contribution >= 4 is 10.0 Å². The first-order valence-electron chi connectivity index (χ1n) is 7.40. The third-order valence-electron chi connectivity index (χ3n) is 3.85. The summed E-state index contributed by atoms with van der Waals surface area (Å²) >= 11 is 0. The normalized spacial score (nSPS) is 19.7. The van der Waals surface area contributed by atoms with Crippen molar-refractivity contribution in [1.82, 2.24) is 23.8 Å². The molecule has 3 rings (SSSR count). The van der Waals surface area contributed by atoms with Crippen LogP contribution in [0.15, 0.2) is 29.7 Å². The molecule has 0 unspecified atom stereocenters. The number of ether oxygens (including phenoxy) is 1. The Labute approximate surface area is 135 Å². The number of aromatic nitrogens is 4. The maximum Gasteiger partial charge on any atom is 0.316 e. The van der Waals surface area contributed by atoms with Gasteiger partial charge in [0.25, 0.3) is 10.0 Å². The average molecular weight is 337 g/mol. The van der Waals surface area contributed by atoms with Gasteiger partial charge in [-0.25, -0.2) is 23.4 Å². The van der Waals surface area contributed by atoms with Crippen LogP contribution in [0.4, 0.5) is 0 Å². The lowest BCUT2D eigenvalue weighted by Gasteiger charge is -2.30. The van der Waals surface area contributed by atoms with Crippen LogP contribution in [0.1, 0.15) is 18.7 Å². The summed E-state index contributed by atoms with van der Waals surface area (Å²) in [4.78, 5) is 12.2. The Morgan fingerprint density at radius 1 is 1.30 bits per heavy atom. The molecule has 1 fully saturated rings. The van der Waals surface area contributed by atoms with Gasteiger partial charge >= 0.3 is 6.01 Å². The van der Waals surface area contributed by atoms with Crippen molar-refractivity contribution in [3.05, 3.63) is 30.5 Å². The van der Waals surface area contributed by atoms with Gasteiger partial charge in [0.1, 0.15) is 11.9 Å². The Morgan fingerprint density at radius 3 is 2.70 bits per heavy atom.